The van der Waals surface area contributed by atoms with E-state index in [4.69, 9.17) is 14.2 Å². The highest BCUT2D eigenvalue weighted by Crippen LogP contribution is 2.38. The van der Waals surface area contributed by atoms with Gasteiger partial charge >= 0.3 is 0 Å². The Balaban J connectivity index is 1.64. The minimum atomic E-state index is -0.123. The summed E-state index contributed by atoms with van der Waals surface area (Å²) < 4.78 is 18.6. The first-order valence-electron chi connectivity index (χ1n) is 9.78. The molecule has 0 saturated carbocycles. The number of hydrogen-bond acceptors (Lipinski definition) is 7. The number of fused-ring (bicyclic) bond motifs is 1. The van der Waals surface area contributed by atoms with Crippen LogP contribution >= 0.6 is 0 Å². The summed E-state index contributed by atoms with van der Waals surface area (Å²) in [6, 6.07) is 12.1. The van der Waals surface area contributed by atoms with Crippen LogP contribution in [0.2, 0.25) is 0 Å². The van der Waals surface area contributed by atoms with Gasteiger partial charge in [0, 0.05) is 13.1 Å². The van der Waals surface area contributed by atoms with Crippen LogP contribution < -0.4 is 9.47 Å². The van der Waals surface area contributed by atoms with E-state index in [0.717, 1.165) is 52.8 Å². The van der Waals surface area contributed by atoms with E-state index in [1.165, 1.54) is 0 Å². The molecule has 0 N–H and O–H groups in total. The molecule has 1 saturated heterocycles. The van der Waals surface area contributed by atoms with Crippen LogP contribution in [0.5, 0.6) is 11.5 Å². The van der Waals surface area contributed by atoms with Crippen LogP contribution in [-0.4, -0.2) is 58.2 Å². The van der Waals surface area contributed by atoms with E-state index in [1.54, 1.807) is 0 Å². The number of tetrazole rings is 1. The summed E-state index contributed by atoms with van der Waals surface area (Å²) in [6.07, 6.45) is 0. The first-order chi connectivity index (χ1) is 14.2. The maximum absolute atomic E-state index is 5.62. The molecule has 1 atom stereocenters. The maximum atomic E-state index is 5.62. The molecule has 0 aliphatic carbocycles. The van der Waals surface area contributed by atoms with Crippen LogP contribution in [-0.2, 0) is 4.74 Å². The van der Waals surface area contributed by atoms with Crippen LogP contribution in [0, 0.1) is 13.8 Å². The minimum Gasteiger partial charge on any atom is -0.454 e. The van der Waals surface area contributed by atoms with Gasteiger partial charge in [0.05, 0.1) is 24.9 Å². The standard InChI is InChI=1S/C21H23N5O3/c1-14-4-3-5-15(2)19(14)26-21(22-23-24-26)20(25-8-10-27-11-9-25)16-6-7-17-18(12-16)29-13-28-17/h3-7,12,20H,8-11,13H2,1-2H3/t20-/m1/s1. The molecule has 8 heteroatoms. The molecule has 29 heavy (non-hydrogen) atoms. The van der Waals surface area contributed by atoms with Crippen molar-refractivity contribution in [2.45, 2.75) is 19.9 Å². The van der Waals surface area contributed by atoms with Gasteiger partial charge in [-0.15, -0.1) is 5.10 Å². The van der Waals surface area contributed by atoms with Gasteiger partial charge in [0.1, 0.15) is 0 Å². The van der Waals surface area contributed by atoms with Crippen molar-refractivity contribution >= 4 is 0 Å². The summed E-state index contributed by atoms with van der Waals surface area (Å²) in [5, 5.41) is 12.9. The third kappa shape index (κ3) is 3.24. The summed E-state index contributed by atoms with van der Waals surface area (Å²) in [4.78, 5) is 2.36. The van der Waals surface area contributed by atoms with E-state index in [0.29, 0.717) is 13.2 Å². The Morgan fingerprint density at radius 1 is 0.966 bits per heavy atom. The number of para-hydroxylation sites is 1. The van der Waals surface area contributed by atoms with E-state index in [-0.39, 0.29) is 12.8 Å². The quantitative estimate of drug-likeness (QED) is 0.674. The Morgan fingerprint density at radius 2 is 1.72 bits per heavy atom. The first kappa shape index (κ1) is 18.1. The third-order valence-electron chi connectivity index (χ3n) is 5.51. The number of ether oxygens (including phenoxy) is 3. The number of nitrogens with zero attached hydrogens (tertiary/aromatic N) is 5. The van der Waals surface area contributed by atoms with E-state index in [9.17, 15) is 0 Å². The summed E-state index contributed by atoms with van der Waals surface area (Å²) in [5.74, 6) is 2.30. The Bertz CT molecular complexity index is 1010. The molecule has 5 rings (SSSR count). The van der Waals surface area contributed by atoms with Crippen LogP contribution in [0.3, 0.4) is 0 Å². The van der Waals surface area contributed by atoms with Gasteiger partial charge < -0.3 is 14.2 Å². The largest absolute Gasteiger partial charge is 0.454 e. The zero-order chi connectivity index (χ0) is 19.8. The molecule has 150 valence electrons. The molecular formula is C21H23N5O3. The van der Waals surface area contributed by atoms with Crippen molar-refractivity contribution in [1.29, 1.82) is 0 Å². The normalized spacial score (nSPS) is 17.4. The van der Waals surface area contributed by atoms with E-state index in [2.05, 4.69) is 58.5 Å². The molecule has 0 radical (unpaired) electrons. The molecule has 8 nitrogen and oxygen atoms in total. The topological polar surface area (TPSA) is 74.5 Å². The average molecular weight is 393 g/mol. The smallest absolute Gasteiger partial charge is 0.231 e. The van der Waals surface area contributed by atoms with Crippen molar-refractivity contribution in [3.63, 3.8) is 0 Å². The molecule has 2 aliphatic heterocycles. The van der Waals surface area contributed by atoms with E-state index >= 15 is 0 Å². The molecular weight excluding hydrogens is 370 g/mol. The lowest BCUT2D eigenvalue weighted by atomic mass is 10.0. The van der Waals surface area contributed by atoms with Crippen molar-refractivity contribution in [2.24, 2.45) is 0 Å². The highest BCUT2D eigenvalue weighted by Gasteiger charge is 2.31. The Labute approximate surface area is 169 Å². The fraction of sp³-hybridized carbons (Fsp3) is 0.381. The lowest BCUT2D eigenvalue weighted by molar-refractivity contribution is 0.0220. The van der Waals surface area contributed by atoms with Crippen LogP contribution in [0.25, 0.3) is 5.69 Å². The lowest BCUT2D eigenvalue weighted by Crippen LogP contribution is -2.40. The molecule has 3 aromatic rings. The Hall–Kier alpha value is -2.97. The summed E-state index contributed by atoms with van der Waals surface area (Å²) >= 11 is 0. The number of aryl methyl sites for hydroxylation is 2. The van der Waals surface area contributed by atoms with Gasteiger partial charge in [-0.05, 0) is 53.1 Å². The summed E-state index contributed by atoms with van der Waals surface area (Å²) in [6.45, 7) is 7.40. The van der Waals surface area contributed by atoms with Crippen molar-refractivity contribution in [3.8, 4) is 17.2 Å². The lowest BCUT2D eigenvalue weighted by Gasteiger charge is -2.34. The third-order valence-corrected chi connectivity index (χ3v) is 5.51. The Kier molecular flexibility index (Phi) is 4.65. The van der Waals surface area contributed by atoms with Crippen molar-refractivity contribution < 1.29 is 14.2 Å². The van der Waals surface area contributed by atoms with Crippen LogP contribution in [0.15, 0.2) is 36.4 Å². The Morgan fingerprint density at radius 3 is 2.52 bits per heavy atom. The fourth-order valence-electron chi connectivity index (χ4n) is 4.11. The fourth-order valence-corrected chi connectivity index (χ4v) is 4.11. The number of rotatable bonds is 4. The van der Waals surface area contributed by atoms with Gasteiger partial charge in [0.15, 0.2) is 17.3 Å². The molecule has 3 heterocycles. The zero-order valence-corrected chi connectivity index (χ0v) is 16.5. The van der Waals surface area contributed by atoms with Crippen LogP contribution in [0.1, 0.15) is 28.6 Å². The van der Waals surface area contributed by atoms with Crippen molar-refractivity contribution in [1.82, 2.24) is 25.1 Å². The van der Waals surface area contributed by atoms with Gasteiger partial charge in [-0.2, -0.15) is 4.68 Å². The first-order valence-corrected chi connectivity index (χ1v) is 9.78. The average Bonchev–Trinajstić information content (AvgIpc) is 3.39. The highest BCUT2D eigenvalue weighted by molar-refractivity contribution is 5.49. The molecule has 1 fully saturated rings. The predicted molar refractivity (Wildman–Crippen MR) is 105 cm³/mol. The van der Waals surface area contributed by atoms with Crippen molar-refractivity contribution in [2.75, 3.05) is 33.1 Å². The molecule has 2 aliphatic rings. The molecule has 1 aromatic heterocycles. The monoisotopic (exact) mass is 393 g/mol. The number of morpholine rings is 1. The van der Waals surface area contributed by atoms with Gasteiger partial charge in [0.2, 0.25) is 6.79 Å². The molecule has 0 unspecified atom stereocenters. The molecule has 0 spiro atoms. The minimum absolute atomic E-state index is 0.123. The van der Waals surface area contributed by atoms with Gasteiger partial charge in [-0.25, -0.2) is 0 Å². The van der Waals surface area contributed by atoms with Gasteiger partial charge in [-0.1, -0.05) is 24.3 Å². The van der Waals surface area contributed by atoms with Crippen LogP contribution in [0.4, 0.5) is 0 Å². The molecule has 2 aromatic carbocycles. The summed E-state index contributed by atoms with van der Waals surface area (Å²) in [7, 11) is 0. The van der Waals surface area contributed by atoms with Gasteiger partial charge in [-0.3, -0.25) is 4.90 Å². The number of benzene rings is 2. The molecule has 0 amide bonds. The number of hydrogen-bond donors (Lipinski definition) is 0. The number of aromatic nitrogens is 4. The van der Waals surface area contributed by atoms with E-state index < -0.39 is 0 Å². The zero-order valence-electron chi connectivity index (χ0n) is 16.5. The predicted octanol–water partition coefficient (Wildman–Crippen LogP) is 2.43. The second kappa shape index (κ2) is 7.46. The second-order valence-electron chi connectivity index (χ2n) is 7.35. The van der Waals surface area contributed by atoms with Crippen molar-refractivity contribution in [3.05, 3.63) is 58.9 Å². The highest BCUT2D eigenvalue weighted by atomic mass is 16.7. The second-order valence-corrected chi connectivity index (χ2v) is 7.35. The van der Waals surface area contributed by atoms with Gasteiger partial charge in [0.25, 0.3) is 0 Å². The SMILES string of the molecule is Cc1cccc(C)c1-n1nnnc1[C@@H](c1ccc2c(c1)OCO2)N1CCOCC1. The van der Waals surface area contributed by atoms with E-state index in [1.807, 2.05) is 16.8 Å². The maximum Gasteiger partial charge on any atom is 0.231 e. The summed E-state index contributed by atoms with van der Waals surface area (Å²) in [5.41, 5.74) is 4.35. The molecule has 0 bridgehead atoms.